The fourth-order valence-electron chi connectivity index (χ4n) is 4.60. The Morgan fingerprint density at radius 1 is 1.12 bits per heavy atom. The average Bonchev–Trinajstić information content (AvgIpc) is 3.34. The average molecular weight is 451 g/mol. The van der Waals surface area contributed by atoms with Gasteiger partial charge in [-0.15, -0.1) is 0 Å². The summed E-state index contributed by atoms with van der Waals surface area (Å²) >= 11 is 0. The number of ether oxygens (including phenoxy) is 2. The Morgan fingerprint density at radius 2 is 1.97 bits per heavy atom. The molecular formula is C28H38N2O3. The Morgan fingerprint density at radius 3 is 2.73 bits per heavy atom. The summed E-state index contributed by atoms with van der Waals surface area (Å²) in [5, 5.41) is 6.77. The summed E-state index contributed by atoms with van der Waals surface area (Å²) < 4.78 is 11.4. The summed E-state index contributed by atoms with van der Waals surface area (Å²) in [5.74, 6) is 1.50. The molecule has 5 heteroatoms. The van der Waals surface area contributed by atoms with E-state index in [1.165, 1.54) is 23.1 Å². The van der Waals surface area contributed by atoms with Gasteiger partial charge in [0.25, 0.3) is 5.91 Å². The monoisotopic (exact) mass is 450 g/mol. The van der Waals surface area contributed by atoms with Gasteiger partial charge in [0.1, 0.15) is 12.4 Å². The largest absolute Gasteiger partial charge is 0.491 e. The minimum Gasteiger partial charge on any atom is -0.491 e. The van der Waals surface area contributed by atoms with Crippen LogP contribution in [0, 0.1) is 5.92 Å². The van der Waals surface area contributed by atoms with Crippen LogP contribution < -0.4 is 15.4 Å². The van der Waals surface area contributed by atoms with Crippen molar-refractivity contribution in [2.75, 3.05) is 19.8 Å². The zero-order chi connectivity index (χ0) is 23.0. The maximum Gasteiger partial charge on any atom is 0.251 e. The van der Waals surface area contributed by atoms with Crippen molar-refractivity contribution in [3.63, 3.8) is 0 Å². The zero-order valence-corrected chi connectivity index (χ0v) is 20.1. The molecule has 1 amide bonds. The third-order valence-corrected chi connectivity index (χ3v) is 6.64. The van der Waals surface area contributed by atoms with Crippen molar-refractivity contribution in [2.24, 2.45) is 5.92 Å². The molecule has 2 atom stereocenters. The van der Waals surface area contributed by atoms with Gasteiger partial charge in [-0.05, 0) is 91.9 Å². The van der Waals surface area contributed by atoms with Gasteiger partial charge in [-0.1, -0.05) is 32.0 Å². The van der Waals surface area contributed by atoms with Crippen LogP contribution in [-0.4, -0.2) is 37.8 Å². The van der Waals surface area contributed by atoms with Gasteiger partial charge in [0.15, 0.2) is 0 Å². The van der Waals surface area contributed by atoms with Crippen molar-refractivity contribution in [3.8, 4) is 5.75 Å². The summed E-state index contributed by atoms with van der Waals surface area (Å²) in [6.07, 6.45) is 6.44. The number of amides is 1. The van der Waals surface area contributed by atoms with Gasteiger partial charge in [-0.2, -0.15) is 0 Å². The topological polar surface area (TPSA) is 59.6 Å². The van der Waals surface area contributed by atoms with Gasteiger partial charge >= 0.3 is 0 Å². The van der Waals surface area contributed by atoms with Gasteiger partial charge in [-0.25, -0.2) is 0 Å². The number of aryl methyl sites for hydroxylation is 1. The molecule has 1 fully saturated rings. The molecule has 0 radical (unpaired) electrons. The molecule has 2 aromatic carbocycles. The molecule has 33 heavy (non-hydrogen) atoms. The maximum atomic E-state index is 12.8. The second-order valence-electron chi connectivity index (χ2n) is 9.85. The number of rotatable bonds is 10. The van der Waals surface area contributed by atoms with E-state index in [2.05, 4.69) is 42.7 Å². The Balaban J connectivity index is 1.24. The van der Waals surface area contributed by atoms with E-state index in [1.54, 1.807) is 0 Å². The van der Waals surface area contributed by atoms with Crippen molar-refractivity contribution < 1.29 is 14.3 Å². The molecule has 0 aromatic heterocycles. The predicted molar refractivity (Wildman–Crippen MR) is 132 cm³/mol. The van der Waals surface area contributed by atoms with Gasteiger partial charge in [0.2, 0.25) is 0 Å². The lowest BCUT2D eigenvalue weighted by Crippen LogP contribution is -2.38. The van der Waals surface area contributed by atoms with Crippen LogP contribution in [0.1, 0.15) is 66.6 Å². The lowest BCUT2D eigenvalue weighted by atomic mass is 9.87. The van der Waals surface area contributed by atoms with E-state index >= 15 is 0 Å². The molecule has 2 aromatic rings. The second kappa shape index (κ2) is 11.7. The molecule has 2 unspecified atom stereocenters. The molecule has 1 heterocycles. The van der Waals surface area contributed by atoms with Crippen LogP contribution in [0.3, 0.4) is 0 Å². The summed E-state index contributed by atoms with van der Waals surface area (Å²) in [6.45, 7) is 7.90. The summed E-state index contributed by atoms with van der Waals surface area (Å²) in [5.41, 5.74) is 4.81. The molecule has 178 valence electrons. The predicted octanol–water partition coefficient (Wildman–Crippen LogP) is 4.67. The second-order valence-corrected chi connectivity index (χ2v) is 9.85. The number of fused-ring (bicyclic) bond motifs is 1. The van der Waals surface area contributed by atoms with E-state index in [-0.39, 0.29) is 18.1 Å². The SMILES string of the molecule is CC(C)CCNCc1ccc2c(c1)CCC(NC(=O)c1ccc(OCC3CCCO3)cc1)C2. The molecule has 0 spiro atoms. The van der Waals surface area contributed by atoms with Crippen molar-refractivity contribution in [1.29, 1.82) is 0 Å². The fraction of sp³-hybridized carbons (Fsp3) is 0.536. The van der Waals surface area contributed by atoms with Gasteiger partial charge < -0.3 is 20.1 Å². The minimum absolute atomic E-state index is 0.0138. The first-order valence-electron chi connectivity index (χ1n) is 12.5. The number of carbonyl (C=O) groups excluding carboxylic acids is 1. The van der Waals surface area contributed by atoms with Crippen LogP contribution in [0.15, 0.2) is 42.5 Å². The van der Waals surface area contributed by atoms with E-state index in [4.69, 9.17) is 9.47 Å². The lowest BCUT2D eigenvalue weighted by Gasteiger charge is -2.26. The third-order valence-electron chi connectivity index (χ3n) is 6.64. The Labute approximate surface area is 198 Å². The van der Waals surface area contributed by atoms with E-state index in [0.29, 0.717) is 12.2 Å². The van der Waals surface area contributed by atoms with E-state index in [9.17, 15) is 4.79 Å². The molecule has 0 saturated carbocycles. The van der Waals surface area contributed by atoms with Gasteiger partial charge in [0.05, 0.1) is 6.10 Å². The van der Waals surface area contributed by atoms with Gasteiger partial charge in [0, 0.05) is 24.8 Å². The van der Waals surface area contributed by atoms with Crippen LogP contribution in [0.25, 0.3) is 0 Å². The Kier molecular flexibility index (Phi) is 8.40. The van der Waals surface area contributed by atoms with Crippen LogP contribution in [0.2, 0.25) is 0 Å². The smallest absolute Gasteiger partial charge is 0.251 e. The molecule has 0 bridgehead atoms. The quantitative estimate of drug-likeness (QED) is 0.517. The normalized spacial score (nSPS) is 20.0. The number of hydrogen-bond donors (Lipinski definition) is 2. The van der Waals surface area contributed by atoms with E-state index in [1.807, 2.05) is 24.3 Å². The number of carbonyl (C=O) groups is 1. The molecule has 5 nitrogen and oxygen atoms in total. The highest BCUT2D eigenvalue weighted by Gasteiger charge is 2.21. The van der Waals surface area contributed by atoms with Crippen LogP contribution >= 0.6 is 0 Å². The molecular weight excluding hydrogens is 412 g/mol. The summed E-state index contributed by atoms with van der Waals surface area (Å²) in [7, 11) is 0. The number of nitrogens with one attached hydrogen (secondary N) is 2. The van der Waals surface area contributed by atoms with E-state index in [0.717, 1.165) is 63.5 Å². The Hall–Kier alpha value is -2.37. The summed E-state index contributed by atoms with van der Waals surface area (Å²) in [4.78, 5) is 12.8. The molecule has 2 N–H and O–H groups in total. The van der Waals surface area contributed by atoms with E-state index < -0.39 is 0 Å². The zero-order valence-electron chi connectivity index (χ0n) is 20.1. The number of benzene rings is 2. The highest BCUT2D eigenvalue weighted by atomic mass is 16.5. The van der Waals surface area contributed by atoms with Crippen LogP contribution in [0.5, 0.6) is 5.75 Å². The lowest BCUT2D eigenvalue weighted by molar-refractivity contribution is 0.0679. The molecule has 2 aliphatic rings. The van der Waals surface area contributed by atoms with Crippen LogP contribution in [-0.2, 0) is 24.1 Å². The third kappa shape index (κ3) is 7.05. The Bertz CT molecular complexity index is 904. The van der Waals surface area contributed by atoms with Crippen molar-refractivity contribution in [3.05, 3.63) is 64.7 Å². The summed E-state index contributed by atoms with van der Waals surface area (Å²) in [6, 6.07) is 14.4. The number of hydrogen-bond acceptors (Lipinski definition) is 4. The van der Waals surface area contributed by atoms with Crippen molar-refractivity contribution in [1.82, 2.24) is 10.6 Å². The maximum absolute atomic E-state index is 12.8. The van der Waals surface area contributed by atoms with Crippen molar-refractivity contribution >= 4 is 5.91 Å². The van der Waals surface area contributed by atoms with Gasteiger partial charge in [-0.3, -0.25) is 4.79 Å². The molecule has 4 rings (SSSR count). The first kappa shape index (κ1) is 23.8. The highest BCUT2D eigenvalue weighted by molar-refractivity contribution is 5.94. The minimum atomic E-state index is -0.0138. The fourth-order valence-corrected chi connectivity index (χ4v) is 4.60. The standard InChI is InChI=1S/C28H38N2O3/c1-20(2)13-14-29-18-21-5-6-24-17-25(10-7-23(24)16-21)30-28(31)22-8-11-26(12-9-22)33-19-27-4-3-15-32-27/h5-6,8-9,11-12,16,20,25,27,29H,3-4,7,10,13-15,17-19H2,1-2H3,(H,30,31). The molecule has 1 aliphatic carbocycles. The molecule has 1 saturated heterocycles. The van der Waals surface area contributed by atoms with Crippen molar-refractivity contribution in [2.45, 2.75) is 71.1 Å². The van der Waals surface area contributed by atoms with Crippen LogP contribution in [0.4, 0.5) is 0 Å². The highest BCUT2D eigenvalue weighted by Crippen LogP contribution is 2.23. The first-order chi connectivity index (χ1) is 16.1. The first-order valence-corrected chi connectivity index (χ1v) is 12.5. The molecule has 1 aliphatic heterocycles.